The minimum absolute atomic E-state index is 0.0649. The molecule has 1 heterocycles. The van der Waals surface area contributed by atoms with Crippen molar-refractivity contribution in [3.8, 4) is 0 Å². The topological polar surface area (TPSA) is 44.4 Å². The molecule has 1 saturated heterocycles. The van der Waals surface area contributed by atoms with E-state index in [1.807, 2.05) is 25.8 Å². The Bertz CT molecular complexity index is 176. The van der Waals surface area contributed by atoms with Crippen molar-refractivity contribution in [2.24, 2.45) is 0 Å². The normalized spacial score (nSPS) is 20.6. The molecule has 0 aromatic heterocycles. The largest absolute Gasteiger partial charge is 0.353 e. The first kappa shape index (κ1) is 10.5. The first-order chi connectivity index (χ1) is 6.11. The summed E-state index contributed by atoms with van der Waals surface area (Å²) < 4.78 is 0. The Hall–Kier alpha value is -0.610. The predicted molar refractivity (Wildman–Crippen MR) is 52.1 cm³/mol. The highest BCUT2D eigenvalue weighted by Crippen LogP contribution is 2.02. The molecule has 1 aliphatic rings. The molecule has 4 heteroatoms. The Morgan fingerprint density at radius 2 is 2.15 bits per heavy atom. The summed E-state index contributed by atoms with van der Waals surface area (Å²) in [5, 5.41) is 4.90. The van der Waals surface area contributed by atoms with Gasteiger partial charge in [0.15, 0.2) is 0 Å². The summed E-state index contributed by atoms with van der Waals surface area (Å²) in [7, 11) is 0. The number of hydrogen-bond donors (Lipinski definition) is 2. The van der Waals surface area contributed by atoms with E-state index in [2.05, 4.69) is 10.7 Å². The van der Waals surface area contributed by atoms with Crippen molar-refractivity contribution in [1.82, 2.24) is 15.8 Å². The van der Waals surface area contributed by atoms with Crippen molar-refractivity contribution in [2.75, 3.05) is 13.1 Å². The molecule has 2 N–H and O–H groups in total. The van der Waals surface area contributed by atoms with E-state index in [-0.39, 0.29) is 18.0 Å². The third kappa shape index (κ3) is 2.97. The van der Waals surface area contributed by atoms with E-state index in [0.29, 0.717) is 0 Å². The van der Waals surface area contributed by atoms with E-state index in [4.69, 9.17) is 0 Å². The van der Waals surface area contributed by atoms with E-state index in [0.717, 1.165) is 19.5 Å². The minimum Gasteiger partial charge on any atom is -0.353 e. The number of hydrazine groups is 1. The van der Waals surface area contributed by atoms with Crippen LogP contribution in [-0.4, -0.2) is 36.1 Å². The van der Waals surface area contributed by atoms with Crippen LogP contribution in [0.4, 0.5) is 0 Å². The van der Waals surface area contributed by atoms with Crippen molar-refractivity contribution in [1.29, 1.82) is 0 Å². The smallest absolute Gasteiger partial charge is 0.238 e. The molecule has 76 valence electrons. The molecule has 0 radical (unpaired) electrons. The maximum atomic E-state index is 11.5. The first-order valence-corrected chi connectivity index (χ1v) is 4.92. The standard InChI is InChI=1S/C9H19N3O/c1-7(2)11-9(13)8(3)12-6-4-5-10-12/h7-8,10H,4-6H2,1-3H3,(H,11,13). The van der Waals surface area contributed by atoms with Gasteiger partial charge in [-0.05, 0) is 27.2 Å². The molecule has 0 aliphatic carbocycles. The lowest BCUT2D eigenvalue weighted by molar-refractivity contribution is -0.126. The summed E-state index contributed by atoms with van der Waals surface area (Å²) in [6.45, 7) is 7.83. The first-order valence-electron chi connectivity index (χ1n) is 4.92. The zero-order valence-electron chi connectivity index (χ0n) is 8.63. The number of hydrogen-bond acceptors (Lipinski definition) is 3. The van der Waals surface area contributed by atoms with Gasteiger partial charge in [0.25, 0.3) is 0 Å². The summed E-state index contributed by atoms with van der Waals surface area (Å²) in [6.07, 6.45) is 1.12. The second-order valence-corrected chi connectivity index (χ2v) is 3.79. The van der Waals surface area contributed by atoms with E-state index in [9.17, 15) is 4.79 Å². The Kier molecular flexibility index (Phi) is 3.69. The van der Waals surface area contributed by atoms with Gasteiger partial charge in [-0.25, -0.2) is 5.01 Å². The molecule has 0 aromatic carbocycles. The monoisotopic (exact) mass is 185 g/mol. The molecule has 0 spiro atoms. The van der Waals surface area contributed by atoms with Crippen LogP contribution in [0, 0.1) is 0 Å². The average molecular weight is 185 g/mol. The molecule has 1 aliphatic heterocycles. The van der Waals surface area contributed by atoms with Gasteiger partial charge in [-0.15, -0.1) is 0 Å². The molecule has 1 atom stereocenters. The molecule has 1 amide bonds. The van der Waals surface area contributed by atoms with Gasteiger partial charge in [-0.1, -0.05) is 0 Å². The van der Waals surface area contributed by atoms with Crippen LogP contribution < -0.4 is 10.7 Å². The fourth-order valence-electron chi connectivity index (χ4n) is 1.43. The quantitative estimate of drug-likeness (QED) is 0.656. The van der Waals surface area contributed by atoms with Crippen molar-refractivity contribution in [3.05, 3.63) is 0 Å². The summed E-state index contributed by atoms with van der Waals surface area (Å²) in [4.78, 5) is 11.5. The Labute approximate surface area is 79.6 Å². The fourth-order valence-corrected chi connectivity index (χ4v) is 1.43. The molecule has 0 aromatic rings. The second kappa shape index (κ2) is 4.58. The van der Waals surface area contributed by atoms with Gasteiger partial charge >= 0.3 is 0 Å². The summed E-state index contributed by atoms with van der Waals surface area (Å²) >= 11 is 0. The lowest BCUT2D eigenvalue weighted by Gasteiger charge is -2.23. The maximum Gasteiger partial charge on any atom is 0.238 e. The van der Waals surface area contributed by atoms with Crippen LogP contribution in [0.5, 0.6) is 0 Å². The molecule has 1 unspecified atom stereocenters. The molecule has 0 bridgehead atoms. The molecule has 13 heavy (non-hydrogen) atoms. The molecular weight excluding hydrogens is 166 g/mol. The third-order valence-corrected chi connectivity index (χ3v) is 2.17. The van der Waals surface area contributed by atoms with Gasteiger partial charge in [-0.3, -0.25) is 10.2 Å². The lowest BCUT2D eigenvalue weighted by Crippen LogP contribution is -2.49. The maximum absolute atomic E-state index is 11.5. The van der Waals surface area contributed by atoms with Gasteiger partial charge < -0.3 is 5.32 Å². The molecule has 4 nitrogen and oxygen atoms in total. The zero-order chi connectivity index (χ0) is 9.84. The van der Waals surface area contributed by atoms with Crippen LogP contribution >= 0.6 is 0 Å². The van der Waals surface area contributed by atoms with Gasteiger partial charge in [0.2, 0.25) is 5.91 Å². The van der Waals surface area contributed by atoms with Gasteiger partial charge in [-0.2, -0.15) is 0 Å². The fraction of sp³-hybridized carbons (Fsp3) is 0.889. The Morgan fingerprint density at radius 3 is 2.62 bits per heavy atom. The minimum atomic E-state index is -0.0649. The van der Waals surface area contributed by atoms with Crippen LogP contribution in [0.15, 0.2) is 0 Å². The van der Waals surface area contributed by atoms with Crippen LogP contribution in [0.25, 0.3) is 0 Å². The Balaban J connectivity index is 2.36. The van der Waals surface area contributed by atoms with E-state index >= 15 is 0 Å². The van der Waals surface area contributed by atoms with Crippen molar-refractivity contribution in [3.63, 3.8) is 0 Å². The highest BCUT2D eigenvalue weighted by atomic mass is 16.2. The van der Waals surface area contributed by atoms with Crippen LogP contribution in [-0.2, 0) is 4.79 Å². The SMILES string of the molecule is CC(C)NC(=O)C(C)N1CCCN1. The molecule has 1 rings (SSSR count). The Morgan fingerprint density at radius 1 is 1.46 bits per heavy atom. The zero-order valence-corrected chi connectivity index (χ0v) is 8.63. The predicted octanol–water partition coefficient (Wildman–Crippen LogP) is 0.110. The number of carbonyl (C=O) groups is 1. The second-order valence-electron chi connectivity index (χ2n) is 3.79. The van der Waals surface area contributed by atoms with E-state index < -0.39 is 0 Å². The summed E-state index contributed by atoms with van der Waals surface area (Å²) in [5.74, 6) is 0.101. The van der Waals surface area contributed by atoms with Gasteiger partial charge in [0, 0.05) is 19.1 Å². The van der Waals surface area contributed by atoms with Crippen molar-refractivity contribution >= 4 is 5.91 Å². The summed E-state index contributed by atoms with van der Waals surface area (Å²) in [6, 6.07) is 0.155. The highest BCUT2D eigenvalue weighted by molar-refractivity contribution is 5.81. The van der Waals surface area contributed by atoms with Gasteiger partial charge in [0.05, 0.1) is 0 Å². The average Bonchev–Trinajstić information content (AvgIpc) is 2.53. The number of rotatable bonds is 3. The molecule has 1 fully saturated rings. The van der Waals surface area contributed by atoms with Crippen molar-refractivity contribution in [2.45, 2.75) is 39.3 Å². The lowest BCUT2D eigenvalue weighted by atomic mass is 10.2. The molecular formula is C9H19N3O. The van der Waals surface area contributed by atoms with Crippen LogP contribution in [0.3, 0.4) is 0 Å². The van der Waals surface area contributed by atoms with Crippen LogP contribution in [0.1, 0.15) is 27.2 Å². The number of amides is 1. The van der Waals surface area contributed by atoms with E-state index in [1.54, 1.807) is 0 Å². The molecule has 0 saturated carbocycles. The van der Waals surface area contributed by atoms with Crippen LogP contribution in [0.2, 0.25) is 0 Å². The number of carbonyl (C=O) groups excluding carboxylic acids is 1. The van der Waals surface area contributed by atoms with Gasteiger partial charge in [0.1, 0.15) is 6.04 Å². The summed E-state index contributed by atoms with van der Waals surface area (Å²) in [5.41, 5.74) is 3.18. The van der Waals surface area contributed by atoms with Crippen molar-refractivity contribution < 1.29 is 4.79 Å². The number of nitrogens with one attached hydrogen (secondary N) is 2. The van der Waals surface area contributed by atoms with E-state index in [1.165, 1.54) is 0 Å². The number of nitrogens with zero attached hydrogens (tertiary/aromatic N) is 1. The highest BCUT2D eigenvalue weighted by Gasteiger charge is 2.23. The third-order valence-electron chi connectivity index (χ3n) is 2.17.